The first-order valence-electron chi connectivity index (χ1n) is 5.82. The lowest BCUT2D eigenvalue weighted by Crippen LogP contribution is -2.16. The first-order chi connectivity index (χ1) is 9.15. The molecule has 0 aromatic heterocycles. The summed E-state index contributed by atoms with van der Waals surface area (Å²) in [6.07, 6.45) is -0.203. The number of Topliss-reactive ketones (excluding diaryl/α,β-unsaturated/α-hetero) is 1. The van der Waals surface area contributed by atoms with Gasteiger partial charge in [-0.05, 0) is 24.3 Å². The number of hydrogen-bond acceptors (Lipinski definition) is 3. The summed E-state index contributed by atoms with van der Waals surface area (Å²) in [5.74, 6) is -0.477. The fourth-order valence-corrected chi connectivity index (χ4v) is 1.62. The molecule has 2 aromatic rings. The van der Waals surface area contributed by atoms with Crippen LogP contribution in [-0.4, -0.2) is 16.8 Å². The van der Waals surface area contributed by atoms with Crippen LogP contribution in [0.25, 0.3) is 0 Å². The Hall–Kier alpha value is -2.62. The molecule has 0 aliphatic rings. The van der Waals surface area contributed by atoms with E-state index in [0.29, 0.717) is 11.3 Å². The maximum absolute atomic E-state index is 11.8. The van der Waals surface area contributed by atoms with Gasteiger partial charge < -0.3 is 10.4 Å². The van der Waals surface area contributed by atoms with Gasteiger partial charge in [-0.3, -0.25) is 9.59 Å². The number of carbonyl (C=O) groups excluding carboxylic acids is 2. The van der Waals surface area contributed by atoms with Crippen LogP contribution in [0.2, 0.25) is 0 Å². The summed E-state index contributed by atoms with van der Waals surface area (Å²) < 4.78 is 0. The molecule has 0 aliphatic carbocycles. The maximum Gasteiger partial charge on any atom is 0.232 e. The molecule has 0 bridgehead atoms. The van der Waals surface area contributed by atoms with Gasteiger partial charge in [-0.15, -0.1) is 0 Å². The second kappa shape index (κ2) is 5.82. The van der Waals surface area contributed by atoms with Crippen molar-refractivity contribution in [3.63, 3.8) is 0 Å². The van der Waals surface area contributed by atoms with Crippen molar-refractivity contribution in [3.8, 4) is 5.75 Å². The molecule has 4 heteroatoms. The minimum absolute atomic E-state index is 0.123. The summed E-state index contributed by atoms with van der Waals surface area (Å²) in [6.45, 7) is 0. The summed E-state index contributed by atoms with van der Waals surface area (Å²) in [5, 5.41) is 11.7. The predicted octanol–water partition coefficient (Wildman–Crippen LogP) is 2.60. The molecule has 2 rings (SSSR count). The van der Waals surface area contributed by atoms with Gasteiger partial charge in [0.25, 0.3) is 0 Å². The number of hydrogen-bond donors (Lipinski definition) is 2. The van der Waals surface area contributed by atoms with Crippen molar-refractivity contribution in [3.05, 3.63) is 60.2 Å². The van der Waals surface area contributed by atoms with Crippen molar-refractivity contribution in [2.45, 2.75) is 6.42 Å². The van der Waals surface area contributed by atoms with Crippen LogP contribution in [0.5, 0.6) is 5.75 Å². The van der Waals surface area contributed by atoms with E-state index < -0.39 is 0 Å². The van der Waals surface area contributed by atoms with Crippen LogP contribution in [0.1, 0.15) is 16.8 Å². The smallest absolute Gasteiger partial charge is 0.232 e. The third kappa shape index (κ3) is 3.67. The Morgan fingerprint density at radius 3 is 2.21 bits per heavy atom. The van der Waals surface area contributed by atoms with E-state index >= 15 is 0 Å². The van der Waals surface area contributed by atoms with E-state index in [2.05, 4.69) is 5.32 Å². The van der Waals surface area contributed by atoms with E-state index in [1.54, 1.807) is 36.4 Å². The molecule has 0 saturated heterocycles. The van der Waals surface area contributed by atoms with Crippen LogP contribution >= 0.6 is 0 Å². The number of ketones is 1. The lowest BCUT2D eigenvalue weighted by atomic mass is 10.1. The van der Waals surface area contributed by atoms with Crippen LogP contribution < -0.4 is 5.32 Å². The van der Waals surface area contributed by atoms with Gasteiger partial charge in [-0.25, -0.2) is 0 Å². The van der Waals surface area contributed by atoms with Crippen molar-refractivity contribution in [1.29, 1.82) is 0 Å². The lowest BCUT2D eigenvalue weighted by molar-refractivity contribution is -0.115. The molecule has 2 aromatic carbocycles. The summed E-state index contributed by atoms with van der Waals surface area (Å²) >= 11 is 0. The minimum Gasteiger partial charge on any atom is -0.508 e. The number of aromatic hydroxyl groups is 1. The predicted molar refractivity (Wildman–Crippen MR) is 72.1 cm³/mol. The Kier molecular flexibility index (Phi) is 3.93. The van der Waals surface area contributed by atoms with Crippen LogP contribution in [-0.2, 0) is 4.79 Å². The monoisotopic (exact) mass is 255 g/mol. The molecule has 19 heavy (non-hydrogen) atoms. The van der Waals surface area contributed by atoms with Crippen LogP contribution in [0.3, 0.4) is 0 Å². The van der Waals surface area contributed by atoms with Gasteiger partial charge in [0.15, 0.2) is 5.78 Å². The largest absolute Gasteiger partial charge is 0.508 e. The minimum atomic E-state index is -0.375. The fraction of sp³-hybridized carbons (Fsp3) is 0.0667. The molecule has 2 N–H and O–H groups in total. The zero-order valence-corrected chi connectivity index (χ0v) is 10.2. The number of benzene rings is 2. The molecule has 0 aliphatic heterocycles. The van der Waals surface area contributed by atoms with Gasteiger partial charge in [-0.2, -0.15) is 0 Å². The Balaban J connectivity index is 1.95. The second-order valence-corrected chi connectivity index (χ2v) is 4.06. The second-order valence-electron chi connectivity index (χ2n) is 4.06. The van der Waals surface area contributed by atoms with Crippen LogP contribution in [0.4, 0.5) is 5.69 Å². The van der Waals surface area contributed by atoms with Gasteiger partial charge in [0.2, 0.25) is 5.91 Å². The van der Waals surface area contributed by atoms with E-state index in [-0.39, 0.29) is 23.9 Å². The molecule has 0 saturated carbocycles. The highest BCUT2D eigenvalue weighted by Gasteiger charge is 2.11. The number of anilines is 1. The molecule has 0 radical (unpaired) electrons. The number of rotatable bonds is 4. The lowest BCUT2D eigenvalue weighted by Gasteiger charge is -2.05. The normalized spacial score (nSPS) is 9.89. The van der Waals surface area contributed by atoms with Crippen molar-refractivity contribution >= 4 is 17.4 Å². The zero-order valence-electron chi connectivity index (χ0n) is 10.2. The van der Waals surface area contributed by atoms with Crippen LogP contribution in [0, 0.1) is 0 Å². The zero-order chi connectivity index (χ0) is 13.7. The topological polar surface area (TPSA) is 66.4 Å². The van der Waals surface area contributed by atoms with Gasteiger partial charge >= 0.3 is 0 Å². The van der Waals surface area contributed by atoms with Gasteiger partial charge in [0.05, 0.1) is 6.42 Å². The average molecular weight is 255 g/mol. The Morgan fingerprint density at radius 2 is 1.58 bits per heavy atom. The number of phenols is 1. The molecule has 1 amide bonds. The molecule has 0 unspecified atom stereocenters. The van der Waals surface area contributed by atoms with Gasteiger partial charge in [0, 0.05) is 11.3 Å². The third-order valence-electron chi connectivity index (χ3n) is 2.57. The third-order valence-corrected chi connectivity index (χ3v) is 2.57. The van der Waals surface area contributed by atoms with E-state index in [9.17, 15) is 9.59 Å². The first-order valence-corrected chi connectivity index (χ1v) is 5.82. The molecular formula is C15H13NO3. The quantitative estimate of drug-likeness (QED) is 0.501. The number of amides is 1. The van der Waals surface area contributed by atoms with Crippen LogP contribution in [0.15, 0.2) is 54.6 Å². The van der Waals surface area contributed by atoms with E-state index in [0.717, 1.165) is 0 Å². The highest BCUT2D eigenvalue weighted by molar-refractivity contribution is 6.10. The Morgan fingerprint density at radius 1 is 0.947 bits per heavy atom. The summed E-state index contributed by atoms with van der Waals surface area (Å²) in [4.78, 5) is 23.5. The molecule has 4 nitrogen and oxygen atoms in total. The van der Waals surface area contributed by atoms with E-state index in [4.69, 9.17) is 5.11 Å². The van der Waals surface area contributed by atoms with Crippen molar-refractivity contribution in [2.24, 2.45) is 0 Å². The SMILES string of the molecule is O=C(CC(=O)c1ccccc1)Nc1ccc(O)cc1. The maximum atomic E-state index is 11.8. The number of phenolic OH excluding ortho intramolecular Hbond substituents is 1. The summed E-state index contributed by atoms with van der Waals surface area (Å²) in [5.41, 5.74) is 1.06. The summed E-state index contributed by atoms with van der Waals surface area (Å²) in [7, 11) is 0. The van der Waals surface area contributed by atoms with Gasteiger partial charge in [0.1, 0.15) is 5.75 Å². The van der Waals surface area contributed by atoms with Gasteiger partial charge in [-0.1, -0.05) is 30.3 Å². The van der Waals surface area contributed by atoms with E-state index in [1.807, 2.05) is 6.07 Å². The molecule has 96 valence electrons. The Labute approximate surface area is 110 Å². The van der Waals surface area contributed by atoms with E-state index in [1.165, 1.54) is 12.1 Å². The molecule has 0 spiro atoms. The summed E-state index contributed by atoms with van der Waals surface area (Å²) in [6, 6.07) is 14.7. The first kappa shape index (κ1) is 12.8. The fourth-order valence-electron chi connectivity index (χ4n) is 1.62. The van der Waals surface area contributed by atoms with Crippen molar-refractivity contribution < 1.29 is 14.7 Å². The molecule has 0 heterocycles. The van der Waals surface area contributed by atoms with Crippen molar-refractivity contribution in [2.75, 3.05) is 5.32 Å². The number of carbonyl (C=O) groups is 2. The molecule has 0 atom stereocenters. The average Bonchev–Trinajstić information content (AvgIpc) is 2.42. The molecular weight excluding hydrogens is 242 g/mol. The van der Waals surface area contributed by atoms with Crippen molar-refractivity contribution in [1.82, 2.24) is 0 Å². The highest BCUT2D eigenvalue weighted by Crippen LogP contribution is 2.14. The highest BCUT2D eigenvalue weighted by atomic mass is 16.3. The Bertz CT molecular complexity index is 576. The standard InChI is InChI=1S/C15H13NO3/c17-13-8-6-12(7-9-13)16-15(19)10-14(18)11-4-2-1-3-5-11/h1-9,17H,10H2,(H,16,19). The number of nitrogens with one attached hydrogen (secondary N) is 1. The molecule has 0 fully saturated rings.